The van der Waals surface area contributed by atoms with Gasteiger partial charge in [0.05, 0.1) is 0 Å². The first-order valence-corrected chi connectivity index (χ1v) is 32.5. The molecule has 0 aromatic rings. The molecular weight excluding hydrogens is 961 g/mol. The summed E-state index contributed by atoms with van der Waals surface area (Å²) in [6.07, 6.45) is 90.8. The fraction of sp³-hybridized carbons (Fsp3) is 0.681. The molecule has 0 saturated heterocycles. The molecule has 0 rings (SSSR count). The Morgan fingerprint density at radius 3 is 0.846 bits per heavy atom. The van der Waals surface area contributed by atoms with Crippen molar-refractivity contribution in [3.05, 3.63) is 122 Å². The molecule has 6 nitrogen and oxygen atoms in total. The molecule has 0 radical (unpaired) electrons. The summed E-state index contributed by atoms with van der Waals surface area (Å²) in [6.45, 7) is 6.48. The molecule has 444 valence electrons. The first kappa shape index (κ1) is 73.8. The van der Waals surface area contributed by atoms with E-state index in [0.717, 1.165) is 103 Å². The van der Waals surface area contributed by atoms with Crippen molar-refractivity contribution in [2.45, 2.75) is 303 Å². The second kappa shape index (κ2) is 65.3. The molecule has 1 atom stereocenters. The molecule has 0 aromatic carbocycles. The first-order chi connectivity index (χ1) is 38.5. The van der Waals surface area contributed by atoms with Gasteiger partial charge in [0.2, 0.25) is 0 Å². The SMILES string of the molecule is CC/C=C\C/C=C\C/C=C\C/C=C\C/C=C\C/C=C\C/C=C\C/C=C\C/C=C\CCCC(=O)OCC(COC(=O)CCCCCCCCCCCC)OC(=O)CCCCCCCCCCC/C=C\CCCCCCCCCC. The Kier molecular flexibility index (Phi) is 61.8. The lowest BCUT2D eigenvalue weighted by Crippen LogP contribution is -2.30. The Bertz CT molecular complexity index is 1620. The Labute approximate surface area is 482 Å². The van der Waals surface area contributed by atoms with Gasteiger partial charge in [0, 0.05) is 19.3 Å². The summed E-state index contributed by atoms with van der Waals surface area (Å²) in [6, 6.07) is 0. The van der Waals surface area contributed by atoms with Gasteiger partial charge in [0.1, 0.15) is 13.2 Å². The van der Waals surface area contributed by atoms with Gasteiger partial charge in [-0.15, -0.1) is 0 Å². The van der Waals surface area contributed by atoms with Gasteiger partial charge in [0.25, 0.3) is 0 Å². The quantitative estimate of drug-likeness (QED) is 0.0261. The molecule has 78 heavy (non-hydrogen) atoms. The third-order valence-corrected chi connectivity index (χ3v) is 13.7. The average Bonchev–Trinajstić information content (AvgIpc) is 3.44. The summed E-state index contributed by atoms with van der Waals surface area (Å²) in [5.74, 6) is -0.958. The highest BCUT2D eigenvalue weighted by molar-refractivity contribution is 5.71. The van der Waals surface area contributed by atoms with Crippen LogP contribution in [-0.2, 0) is 28.6 Å². The minimum atomic E-state index is -0.804. The number of ether oxygens (including phenoxy) is 3. The standard InChI is InChI=1S/C72H120O6/c1-4-7-10-13-16-19-22-24-26-28-30-32-33-34-35-36-37-38-39-41-42-44-46-48-50-53-56-59-62-65-71(74)77-68-69(67-76-70(73)64-61-58-55-52-21-18-15-12-9-6-3)78-72(75)66-63-60-57-54-51-49-47-45-43-40-31-29-27-25-23-20-17-14-11-8-5-2/h7,10,16,19,24,26,29-32,34-35,37-38,41-42,46,48,53,56,69H,4-6,8-9,11-15,17-18,20-23,25,27-28,33,36,39-40,43-45,47,49-52,54-55,57-68H2,1-3H3/b10-7-,19-16-,26-24-,31-29-,32-30-,35-34-,38-37-,42-41-,48-46-,56-53-. The molecule has 0 saturated carbocycles. The summed E-state index contributed by atoms with van der Waals surface area (Å²) in [5, 5.41) is 0. The Balaban J connectivity index is 4.37. The van der Waals surface area contributed by atoms with Crippen molar-refractivity contribution in [2.24, 2.45) is 0 Å². The van der Waals surface area contributed by atoms with Gasteiger partial charge >= 0.3 is 17.9 Å². The second-order valence-corrected chi connectivity index (χ2v) is 21.3. The lowest BCUT2D eigenvalue weighted by Gasteiger charge is -2.18. The van der Waals surface area contributed by atoms with Gasteiger partial charge in [0.15, 0.2) is 6.10 Å². The van der Waals surface area contributed by atoms with Crippen molar-refractivity contribution in [1.82, 2.24) is 0 Å². The number of rotatable bonds is 58. The summed E-state index contributed by atoms with van der Waals surface area (Å²) >= 11 is 0. The Hall–Kier alpha value is -4.19. The largest absolute Gasteiger partial charge is 0.462 e. The minimum absolute atomic E-state index is 0.0965. The van der Waals surface area contributed by atoms with Crippen molar-refractivity contribution in [2.75, 3.05) is 13.2 Å². The van der Waals surface area contributed by atoms with Crippen LogP contribution in [0.15, 0.2) is 122 Å². The highest BCUT2D eigenvalue weighted by atomic mass is 16.6. The summed E-state index contributed by atoms with van der Waals surface area (Å²) in [4.78, 5) is 38.2. The number of hydrogen-bond acceptors (Lipinski definition) is 6. The van der Waals surface area contributed by atoms with Gasteiger partial charge in [-0.05, 0) is 109 Å². The second-order valence-electron chi connectivity index (χ2n) is 21.3. The van der Waals surface area contributed by atoms with E-state index in [0.29, 0.717) is 19.3 Å². The van der Waals surface area contributed by atoms with Crippen LogP contribution in [0.1, 0.15) is 297 Å². The van der Waals surface area contributed by atoms with E-state index < -0.39 is 6.10 Å². The molecule has 1 unspecified atom stereocenters. The van der Waals surface area contributed by atoms with E-state index in [2.05, 4.69) is 142 Å². The fourth-order valence-electron chi connectivity index (χ4n) is 8.85. The van der Waals surface area contributed by atoms with Gasteiger partial charge < -0.3 is 14.2 Å². The van der Waals surface area contributed by atoms with Gasteiger partial charge in [-0.25, -0.2) is 0 Å². The van der Waals surface area contributed by atoms with Crippen molar-refractivity contribution in [3.63, 3.8) is 0 Å². The Morgan fingerprint density at radius 1 is 0.269 bits per heavy atom. The van der Waals surface area contributed by atoms with Crippen LogP contribution in [0, 0.1) is 0 Å². The van der Waals surface area contributed by atoms with E-state index in [9.17, 15) is 14.4 Å². The zero-order chi connectivity index (χ0) is 56.4. The molecule has 0 fully saturated rings. The van der Waals surface area contributed by atoms with Crippen LogP contribution in [0.3, 0.4) is 0 Å². The third-order valence-electron chi connectivity index (χ3n) is 13.7. The molecular formula is C72H120O6. The molecule has 0 aliphatic rings. The molecule has 0 aliphatic heterocycles. The van der Waals surface area contributed by atoms with Crippen molar-refractivity contribution < 1.29 is 28.6 Å². The van der Waals surface area contributed by atoms with E-state index >= 15 is 0 Å². The van der Waals surface area contributed by atoms with Crippen LogP contribution in [0.25, 0.3) is 0 Å². The molecule has 0 heterocycles. The number of allylic oxidation sites excluding steroid dienone is 20. The predicted molar refractivity (Wildman–Crippen MR) is 339 cm³/mol. The molecule has 0 amide bonds. The Morgan fingerprint density at radius 2 is 0.513 bits per heavy atom. The van der Waals surface area contributed by atoms with E-state index in [1.54, 1.807) is 0 Å². The normalized spacial score (nSPS) is 12.9. The minimum Gasteiger partial charge on any atom is -0.462 e. The van der Waals surface area contributed by atoms with Crippen LogP contribution < -0.4 is 0 Å². The lowest BCUT2D eigenvalue weighted by molar-refractivity contribution is -0.167. The molecule has 6 heteroatoms. The zero-order valence-corrected chi connectivity index (χ0v) is 50.9. The maximum atomic E-state index is 12.9. The highest BCUT2D eigenvalue weighted by Gasteiger charge is 2.19. The van der Waals surface area contributed by atoms with Gasteiger partial charge in [-0.3, -0.25) is 14.4 Å². The average molecular weight is 1080 g/mol. The number of unbranched alkanes of at least 4 members (excludes halogenated alkanes) is 27. The maximum Gasteiger partial charge on any atom is 0.306 e. The molecule has 0 bridgehead atoms. The molecule has 0 aromatic heterocycles. The van der Waals surface area contributed by atoms with Gasteiger partial charge in [-0.1, -0.05) is 290 Å². The van der Waals surface area contributed by atoms with Crippen molar-refractivity contribution >= 4 is 17.9 Å². The molecule has 0 spiro atoms. The van der Waals surface area contributed by atoms with Crippen LogP contribution in [0.4, 0.5) is 0 Å². The maximum absolute atomic E-state index is 12.9. The smallest absolute Gasteiger partial charge is 0.306 e. The van der Waals surface area contributed by atoms with E-state index in [1.165, 1.54) is 148 Å². The molecule has 0 N–H and O–H groups in total. The van der Waals surface area contributed by atoms with Crippen LogP contribution in [0.2, 0.25) is 0 Å². The van der Waals surface area contributed by atoms with Crippen molar-refractivity contribution in [1.29, 1.82) is 0 Å². The highest BCUT2D eigenvalue weighted by Crippen LogP contribution is 2.15. The number of carbonyl (C=O) groups excluding carboxylic acids is 3. The fourth-order valence-corrected chi connectivity index (χ4v) is 8.85. The zero-order valence-electron chi connectivity index (χ0n) is 50.9. The van der Waals surface area contributed by atoms with Crippen LogP contribution in [-0.4, -0.2) is 37.2 Å². The topological polar surface area (TPSA) is 78.9 Å². The number of hydrogen-bond donors (Lipinski definition) is 0. The van der Waals surface area contributed by atoms with Gasteiger partial charge in [-0.2, -0.15) is 0 Å². The van der Waals surface area contributed by atoms with Crippen LogP contribution >= 0.6 is 0 Å². The predicted octanol–water partition coefficient (Wildman–Crippen LogP) is 22.4. The lowest BCUT2D eigenvalue weighted by atomic mass is 10.1. The summed E-state index contributed by atoms with van der Waals surface area (Å²) in [5.41, 5.74) is 0. The van der Waals surface area contributed by atoms with Crippen LogP contribution in [0.5, 0.6) is 0 Å². The number of esters is 3. The monoisotopic (exact) mass is 1080 g/mol. The van der Waals surface area contributed by atoms with E-state index in [-0.39, 0.29) is 37.5 Å². The molecule has 0 aliphatic carbocycles. The van der Waals surface area contributed by atoms with Crippen molar-refractivity contribution in [3.8, 4) is 0 Å². The summed E-state index contributed by atoms with van der Waals surface area (Å²) < 4.78 is 16.8. The summed E-state index contributed by atoms with van der Waals surface area (Å²) in [7, 11) is 0. The first-order valence-electron chi connectivity index (χ1n) is 32.5. The third kappa shape index (κ3) is 62.7. The number of carbonyl (C=O) groups is 3. The van der Waals surface area contributed by atoms with E-state index in [1.807, 2.05) is 0 Å². The van der Waals surface area contributed by atoms with E-state index in [4.69, 9.17) is 14.2 Å².